The lowest BCUT2D eigenvalue weighted by Gasteiger charge is -2.32. The fraction of sp³-hybridized carbons (Fsp3) is 0.450. The van der Waals surface area contributed by atoms with Crippen molar-refractivity contribution in [3.63, 3.8) is 0 Å². The standard InChI is InChI=1S/C20H25FN4O3/c1-20(2,3)28-19(27)24-9-6-14(7-10-24)18(26)23-15-4-5-17(16(21)12-15)25-11-8-22-13-25/h4-5,8,11-14H,6-7,9-10H2,1-3H3,(H,23,26). The van der Waals surface area contributed by atoms with Gasteiger partial charge < -0.3 is 19.5 Å². The number of amides is 2. The quantitative estimate of drug-likeness (QED) is 0.872. The molecule has 8 heteroatoms. The number of ether oxygens (including phenoxy) is 1. The van der Waals surface area contributed by atoms with Crippen LogP contribution < -0.4 is 5.32 Å². The smallest absolute Gasteiger partial charge is 0.410 e. The number of nitrogens with zero attached hydrogens (tertiary/aromatic N) is 3. The number of imidazole rings is 1. The van der Waals surface area contributed by atoms with Crippen LogP contribution in [-0.4, -0.2) is 45.1 Å². The Bertz CT molecular complexity index is 838. The van der Waals surface area contributed by atoms with E-state index in [9.17, 15) is 14.0 Å². The largest absolute Gasteiger partial charge is 0.444 e. The average molecular weight is 388 g/mol. The number of rotatable bonds is 3. The van der Waals surface area contributed by atoms with Crippen LogP contribution in [0.4, 0.5) is 14.9 Å². The molecule has 0 atom stereocenters. The van der Waals surface area contributed by atoms with E-state index in [1.165, 1.54) is 12.4 Å². The Hall–Kier alpha value is -2.90. The zero-order valence-electron chi connectivity index (χ0n) is 16.3. The Morgan fingerprint density at radius 3 is 2.54 bits per heavy atom. The SMILES string of the molecule is CC(C)(C)OC(=O)N1CCC(C(=O)Nc2ccc(-n3ccnc3)c(F)c2)CC1. The number of anilines is 1. The number of carbonyl (C=O) groups is 2. The van der Waals surface area contributed by atoms with E-state index < -0.39 is 11.4 Å². The maximum absolute atomic E-state index is 14.3. The van der Waals surface area contributed by atoms with Gasteiger partial charge in [-0.15, -0.1) is 0 Å². The van der Waals surface area contributed by atoms with Gasteiger partial charge in [-0.2, -0.15) is 0 Å². The molecule has 2 aromatic rings. The van der Waals surface area contributed by atoms with Crippen LogP contribution in [0.15, 0.2) is 36.9 Å². The summed E-state index contributed by atoms with van der Waals surface area (Å²) >= 11 is 0. The van der Waals surface area contributed by atoms with Gasteiger partial charge in [0.25, 0.3) is 0 Å². The second kappa shape index (κ2) is 8.00. The van der Waals surface area contributed by atoms with Crippen molar-refractivity contribution in [2.75, 3.05) is 18.4 Å². The number of aromatic nitrogens is 2. The second-order valence-corrected chi connectivity index (χ2v) is 7.87. The van der Waals surface area contributed by atoms with Crippen molar-refractivity contribution in [3.05, 3.63) is 42.7 Å². The van der Waals surface area contributed by atoms with Crippen LogP contribution in [0.25, 0.3) is 5.69 Å². The Morgan fingerprint density at radius 1 is 1.25 bits per heavy atom. The first-order valence-electron chi connectivity index (χ1n) is 9.29. The lowest BCUT2D eigenvalue weighted by Crippen LogP contribution is -2.43. The van der Waals surface area contributed by atoms with Crippen molar-refractivity contribution in [1.29, 1.82) is 0 Å². The van der Waals surface area contributed by atoms with E-state index in [1.54, 1.807) is 34.0 Å². The zero-order valence-corrected chi connectivity index (χ0v) is 16.3. The number of piperidine rings is 1. The lowest BCUT2D eigenvalue weighted by atomic mass is 9.96. The van der Waals surface area contributed by atoms with Crippen LogP contribution in [0.5, 0.6) is 0 Å². The summed E-state index contributed by atoms with van der Waals surface area (Å²) in [4.78, 5) is 30.1. The molecule has 0 spiro atoms. The normalized spacial score (nSPS) is 15.4. The summed E-state index contributed by atoms with van der Waals surface area (Å²) < 4.78 is 21.2. The van der Waals surface area contributed by atoms with E-state index in [2.05, 4.69) is 10.3 Å². The van der Waals surface area contributed by atoms with Crippen molar-refractivity contribution in [1.82, 2.24) is 14.5 Å². The van der Waals surface area contributed by atoms with Gasteiger partial charge >= 0.3 is 6.09 Å². The van der Waals surface area contributed by atoms with Gasteiger partial charge in [0, 0.05) is 37.1 Å². The highest BCUT2D eigenvalue weighted by atomic mass is 19.1. The molecule has 28 heavy (non-hydrogen) atoms. The number of hydrogen-bond acceptors (Lipinski definition) is 4. The summed E-state index contributed by atoms with van der Waals surface area (Å²) in [7, 11) is 0. The van der Waals surface area contributed by atoms with E-state index in [0.29, 0.717) is 37.3 Å². The molecule has 1 aliphatic rings. The molecule has 1 aromatic heterocycles. The van der Waals surface area contributed by atoms with E-state index in [1.807, 2.05) is 20.8 Å². The Balaban J connectivity index is 1.55. The predicted molar refractivity (Wildman–Crippen MR) is 103 cm³/mol. The molecule has 0 radical (unpaired) electrons. The molecule has 1 aliphatic heterocycles. The van der Waals surface area contributed by atoms with Crippen LogP contribution in [0.3, 0.4) is 0 Å². The monoisotopic (exact) mass is 388 g/mol. The summed E-state index contributed by atoms with van der Waals surface area (Å²) in [5.74, 6) is -0.843. The third kappa shape index (κ3) is 4.88. The molecule has 1 aromatic carbocycles. The molecule has 3 rings (SSSR count). The second-order valence-electron chi connectivity index (χ2n) is 7.87. The Labute approximate surface area is 163 Å². The number of nitrogens with one attached hydrogen (secondary N) is 1. The van der Waals surface area contributed by atoms with Crippen molar-refractivity contribution in [2.24, 2.45) is 5.92 Å². The lowest BCUT2D eigenvalue weighted by molar-refractivity contribution is -0.121. The van der Waals surface area contributed by atoms with Gasteiger partial charge in [-0.3, -0.25) is 4.79 Å². The van der Waals surface area contributed by atoms with Crippen LogP contribution in [-0.2, 0) is 9.53 Å². The average Bonchev–Trinajstić information content (AvgIpc) is 3.15. The molecular formula is C20H25FN4O3. The molecule has 1 N–H and O–H groups in total. The predicted octanol–water partition coefficient (Wildman–Crippen LogP) is 3.60. The number of benzene rings is 1. The molecule has 0 unspecified atom stereocenters. The molecule has 0 bridgehead atoms. The van der Waals surface area contributed by atoms with Crippen LogP contribution in [0.1, 0.15) is 33.6 Å². The minimum atomic E-state index is -0.543. The highest BCUT2D eigenvalue weighted by Gasteiger charge is 2.30. The fourth-order valence-corrected chi connectivity index (χ4v) is 3.09. The molecule has 1 saturated heterocycles. The summed E-state index contributed by atoms with van der Waals surface area (Å²) in [6.07, 6.45) is 5.45. The maximum Gasteiger partial charge on any atom is 0.410 e. The molecule has 2 amide bonds. The molecular weight excluding hydrogens is 363 g/mol. The molecule has 2 heterocycles. The Morgan fingerprint density at radius 2 is 1.96 bits per heavy atom. The van der Waals surface area contributed by atoms with Crippen molar-refractivity contribution >= 4 is 17.7 Å². The van der Waals surface area contributed by atoms with Crippen LogP contribution in [0.2, 0.25) is 0 Å². The maximum atomic E-state index is 14.3. The number of halogens is 1. The first kappa shape index (κ1) is 19.9. The number of hydrogen-bond donors (Lipinski definition) is 1. The van der Waals surface area contributed by atoms with E-state index in [-0.39, 0.29) is 17.9 Å². The number of likely N-dealkylation sites (tertiary alicyclic amines) is 1. The van der Waals surface area contributed by atoms with Gasteiger partial charge in [0.05, 0.1) is 12.0 Å². The molecule has 150 valence electrons. The summed E-state index contributed by atoms with van der Waals surface area (Å²) in [5.41, 5.74) is 0.222. The zero-order chi connectivity index (χ0) is 20.3. The summed E-state index contributed by atoms with van der Waals surface area (Å²) in [5, 5.41) is 2.77. The first-order valence-corrected chi connectivity index (χ1v) is 9.29. The molecule has 0 aliphatic carbocycles. The minimum absolute atomic E-state index is 0.168. The fourth-order valence-electron chi connectivity index (χ4n) is 3.09. The highest BCUT2D eigenvalue weighted by molar-refractivity contribution is 5.92. The van der Waals surface area contributed by atoms with Gasteiger partial charge in [-0.1, -0.05) is 0 Å². The third-order valence-corrected chi connectivity index (χ3v) is 4.52. The van der Waals surface area contributed by atoms with Gasteiger partial charge in [-0.25, -0.2) is 14.2 Å². The molecule has 0 saturated carbocycles. The van der Waals surface area contributed by atoms with Crippen LogP contribution in [0, 0.1) is 11.7 Å². The van der Waals surface area contributed by atoms with E-state index in [4.69, 9.17) is 4.74 Å². The first-order chi connectivity index (χ1) is 13.2. The summed E-state index contributed by atoms with van der Waals surface area (Å²) in [6.45, 7) is 6.38. The van der Waals surface area contributed by atoms with E-state index in [0.717, 1.165) is 0 Å². The van der Waals surface area contributed by atoms with Crippen LogP contribution >= 0.6 is 0 Å². The van der Waals surface area contributed by atoms with Gasteiger partial charge in [0.2, 0.25) is 5.91 Å². The van der Waals surface area contributed by atoms with Gasteiger partial charge in [0.1, 0.15) is 11.4 Å². The third-order valence-electron chi connectivity index (χ3n) is 4.52. The Kier molecular flexibility index (Phi) is 5.67. The van der Waals surface area contributed by atoms with Gasteiger partial charge in [0.15, 0.2) is 0 Å². The number of carbonyl (C=O) groups excluding carboxylic acids is 2. The minimum Gasteiger partial charge on any atom is -0.444 e. The molecule has 7 nitrogen and oxygen atoms in total. The molecule has 1 fully saturated rings. The van der Waals surface area contributed by atoms with Gasteiger partial charge in [-0.05, 0) is 51.8 Å². The highest BCUT2D eigenvalue weighted by Crippen LogP contribution is 2.23. The summed E-state index contributed by atoms with van der Waals surface area (Å²) in [6, 6.07) is 4.55. The van der Waals surface area contributed by atoms with Crippen molar-refractivity contribution in [2.45, 2.75) is 39.2 Å². The van der Waals surface area contributed by atoms with E-state index >= 15 is 0 Å². The van der Waals surface area contributed by atoms with Crippen molar-refractivity contribution in [3.8, 4) is 5.69 Å². The topological polar surface area (TPSA) is 76.5 Å². The van der Waals surface area contributed by atoms with Crippen molar-refractivity contribution < 1.29 is 18.7 Å².